The molecule has 0 aromatic carbocycles. The van der Waals surface area contributed by atoms with E-state index in [-0.39, 0.29) is 18.0 Å². The molecule has 0 aliphatic carbocycles. The molecule has 3 nitrogen and oxygen atoms in total. The lowest BCUT2D eigenvalue weighted by Crippen LogP contribution is -2.26. The van der Waals surface area contributed by atoms with Crippen molar-refractivity contribution in [2.45, 2.75) is 61.3 Å². The minimum absolute atomic E-state index is 0.0248. The molecule has 0 radical (unpaired) electrons. The van der Waals surface area contributed by atoms with Crippen molar-refractivity contribution in [2.75, 3.05) is 13.2 Å². The third-order valence-electron chi connectivity index (χ3n) is 2.71. The summed E-state index contributed by atoms with van der Waals surface area (Å²) in [7, 11) is 0. The first-order chi connectivity index (χ1) is 9.66. The van der Waals surface area contributed by atoms with Gasteiger partial charge in [-0.15, -0.1) is 23.7 Å². The van der Waals surface area contributed by atoms with Gasteiger partial charge in [-0.2, -0.15) is 0 Å². The van der Waals surface area contributed by atoms with Crippen LogP contribution in [0.5, 0.6) is 0 Å². The zero-order chi connectivity index (χ0) is 16.9. The van der Waals surface area contributed by atoms with E-state index in [9.17, 15) is 4.79 Å². The zero-order valence-corrected chi connectivity index (χ0v) is 14.6. The van der Waals surface area contributed by atoms with Crippen molar-refractivity contribution in [2.24, 2.45) is 10.8 Å². The van der Waals surface area contributed by atoms with Gasteiger partial charge in [-0.3, -0.25) is 4.79 Å². The van der Waals surface area contributed by atoms with E-state index in [4.69, 9.17) is 9.84 Å². The van der Waals surface area contributed by atoms with Crippen molar-refractivity contribution in [3.8, 4) is 23.7 Å². The first-order valence-corrected chi connectivity index (χ1v) is 7.24. The molecule has 1 N–H and O–H groups in total. The predicted octanol–water partition coefficient (Wildman–Crippen LogP) is 3.41. The Labute approximate surface area is 130 Å². The summed E-state index contributed by atoms with van der Waals surface area (Å²) in [5.74, 6) is 11.2. The number of hydrogen-bond acceptors (Lipinski definition) is 3. The first kappa shape index (κ1) is 21.8. The van der Waals surface area contributed by atoms with Crippen LogP contribution in [0.1, 0.15) is 61.3 Å². The van der Waals surface area contributed by atoms with Gasteiger partial charge in [-0.1, -0.05) is 13.8 Å². The van der Waals surface area contributed by atoms with Crippen molar-refractivity contribution in [1.82, 2.24) is 0 Å². The molecule has 0 amide bonds. The lowest BCUT2D eigenvalue weighted by Gasteiger charge is -2.18. The Morgan fingerprint density at radius 2 is 1.52 bits per heavy atom. The molecule has 120 valence electrons. The highest BCUT2D eigenvalue weighted by atomic mass is 16.5. The molecule has 0 unspecified atom stereocenters. The molecule has 0 aliphatic heterocycles. The van der Waals surface area contributed by atoms with Crippen LogP contribution in [-0.2, 0) is 9.53 Å². The molecule has 0 fully saturated rings. The van der Waals surface area contributed by atoms with Crippen molar-refractivity contribution < 1.29 is 14.6 Å². The molecule has 0 heterocycles. The SMILES string of the molecule is CC#CCC(C)(C)C(=O)OCC.CC#CCC(C)(C)CO. The summed E-state index contributed by atoms with van der Waals surface area (Å²) >= 11 is 0. The van der Waals surface area contributed by atoms with Crippen LogP contribution >= 0.6 is 0 Å². The molecule has 0 atom stereocenters. The number of rotatable bonds is 5. The first-order valence-electron chi connectivity index (χ1n) is 7.24. The second-order valence-electron chi connectivity index (χ2n) is 6.13. The molecule has 0 saturated heterocycles. The Hall–Kier alpha value is -1.45. The van der Waals surface area contributed by atoms with Crippen LogP contribution in [0, 0.1) is 34.5 Å². The molecule has 0 aromatic heterocycles. The van der Waals surface area contributed by atoms with Crippen LogP contribution in [0.4, 0.5) is 0 Å². The highest BCUT2D eigenvalue weighted by Crippen LogP contribution is 2.21. The Kier molecular flexibility index (Phi) is 11.7. The maximum Gasteiger partial charge on any atom is 0.312 e. The van der Waals surface area contributed by atoms with E-state index >= 15 is 0 Å². The number of carbonyl (C=O) groups excluding carboxylic acids is 1. The van der Waals surface area contributed by atoms with E-state index in [1.165, 1.54) is 0 Å². The van der Waals surface area contributed by atoms with Gasteiger partial charge in [0.2, 0.25) is 0 Å². The van der Waals surface area contributed by atoms with E-state index in [2.05, 4.69) is 23.7 Å². The normalized spacial score (nSPS) is 10.1. The standard InChI is InChI=1S/C10H16O2.C8H14O/c1-5-7-8-10(3,4)9(11)12-6-2;1-4-5-6-8(2,3)7-9/h6,8H2,1-4H3;9H,6-7H2,1-3H3. The quantitative estimate of drug-likeness (QED) is 0.624. The minimum atomic E-state index is -0.473. The van der Waals surface area contributed by atoms with Crippen molar-refractivity contribution in [3.63, 3.8) is 0 Å². The smallest absolute Gasteiger partial charge is 0.312 e. The highest BCUT2D eigenvalue weighted by molar-refractivity contribution is 5.76. The Morgan fingerprint density at radius 3 is 1.90 bits per heavy atom. The number of aliphatic hydroxyl groups excluding tert-OH is 1. The van der Waals surface area contributed by atoms with Crippen LogP contribution in [-0.4, -0.2) is 24.3 Å². The fourth-order valence-corrected chi connectivity index (χ4v) is 1.09. The van der Waals surface area contributed by atoms with Gasteiger partial charge in [0.05, 0.1) is 12.0 Å². The molecular formula is C18H30O3. The van der Waals surface area contributed by atoms with E-state index in [1.807, 2.05) is 34.6 Å². The van der Waals surface area contributed by atoms with Gasteiger partial charge in [0.25, 0.3) is 0 Å². The van der Waals surface area contributed by atoms with Gasteiger partial charge in [0.1, 0.15) is 0 Å². The second-order valence-corrected chi connectivity index (χ2v) is 6.13. The van der Waals surface area contributed by atoms with Gasteiger partial charge in [0.15, 0.2) is 0 Å². The van der Waals surface area contributed by atoms with Crippen LogP contribution in [0.15, 0.2) is 0 Å². The molecule has 0 rings (SSSR count). The summed E-state index contributed by atoms with van der Waals surface area (Å²) in [6.45, 7) is 13.7. The Balaban J connectivity index is 0. The maximum atomic E-state index is 11.3. The third kappa shape index (κ3) is 12.0. The molecule has 0 spiro atoms. The lowest BCUT2D eigenvalue weighted by atomic mass is 9.90. The van der Waals surface area contributed by atoms with Gasteiger partial charge >= 0.3 is 5.97 Å². The fraction of sp³-hybridized carbons (Fsp3) is 0.722. The highest BCUT2D eigenvalue weighted by Gasteiger charge is 2.27. The molecule has 21 heavy (non-hydrogen) atoms. The number of ether oxygens (including phenoxy) is 1. The largest absolute Gasteiger partial charge is 0.466 e. The summed E-state index contributed by atoms with van der Waals surface area (Å²) in [6, 6.07) is 0. The molecule has 0 saturated carbocycles. The van der Waals surface area contributed by atoms with Crippen LogP contribution < -0.4 is 0 Å². The predicted molar refractivity (Wildman–Crippen MR) is 87.4 cm³/mol. The minimum Gasteiger partial charge on any atom is -0.466 e. The van der Waals surface area contributed by atoms with Gasteiger partial charge in [-0.05, 0) is 40.0 Å². The van der Waals surface area contributed by atoms with Crippen molar-refractivity contribution in [1.29, 1.82) is 0 Å². The maximum absolute atomic E-state index is 11.3. The van der Waals surface area contributed by atoms with E-state index in [0.717, 1.165) is 6.42 Å². The van der Waals surface area contributed by atoms with Crippen LogP contribution in [0.3, 0.4) is 0 Å². The van der Waals surface area contributed by atoms with E-state index in [1.54, 1.807) is 13.8 Å². The summed E-state index contributed by atoms with van der Waals surface area (Å²) in [6.07, 6.45) is 1.34. The Bertz CT molecular complexity index is 411. The number of aliphatic hydroxyl groups is 1. The summed E-state index contributed by atoms with van der Waals surface area (Å²) in [4.78, 5) is 11.3. The fourth-order valence-electron chi connectivity index (χ4n) is 1.09. The molecule has 0 bridgehead atoms. The molecule has 0 aliphatic rings. The monoisotopic (exact) mass is 294 g/mol. The number of hydrogen-bond donors (Lipinski definition) is 1. The summed E-state index contributed by atoms with van der Waals surface area (Å²) in [5, 5.41) is 8.75. The van der Waals surface area contributed by atoms with Gasteiger partial charge in [0, 0.05) is 19.4 Å². The van der Waals surface area contributed by atoms with Crippen LogP contribution in [0.25, 0.3) is 0 Å². The summed E-state index contributed by atoms with van der Waals surface area (Å²) < 4.78 is 4.90. The van der Waals surface area contributed by atoms with Crippen molar-refractivity contribution in [3.05, 3.63) is 0 Å². The second kappa shape index (κ2) is 11.2. The lowest BCUT2D eigenvalue weighted by molar-refractivity contribution is -0.153. The summed E-state index contributed by atoms with van der Waals surface area (Å²) in [5.41, 5.74) is -0.498. The average molecular weight is 294 g/mol. The van der Waals surface area contributed by atoms with Gasteiger partial charge < -0.3 is 9.84 Å². The molecule has 0 aromatic rings. The van der Waals surface area contributed by atoms with E-state index < -0.39 is 5.41 Å². The average Bonchev–Trinajstić information content (AvgIpc) is 2.44. The molecule has 3 heteroatoms. The molecular weight excluding hydrogens is 264 g/mol. The third-order valence-corrected chi connectivity index (χ3v) is 2.71. The number of esters is 1. The topological polar surface area (TPSA) is 46.5 Å². The Morgan fingerprint density at radius 1 is 1.05 bits per heavy atom. The van der Waals surface area contributed by atoms with Crippen LogP contribution in [0.2, 0.25) is 0 Å². The van der Waals surface area contributed by atoms with E-state index in [0.29, 0.717) is 13.0 Å². The van der Waals surface area contributed by atoms with Gasteiger partial charge in [-0.25, -0.2) is 0 Å². The number of carbonyl (C=O) groups is 1. The van der Waals surface area contributed by atoms with Crippen molar-refractivity contribution >= 4 is 5.97 Å². The zero-order valence-electron chi connectivity index (χ0n) is 14.6.